The molecule has 0 spiro atoms. The molecule has 0 saturated heterocycles. The quantitative estimate of drug-likeness (QED) is 0.685. The molecule has 1 N–H and O–H groups in total. The van der Waals surface area contributed by atoms with E-state index in [9.17, 15) is 31.5 Å². The van der Waals surface area contributed by atoms with E-state index in [1.54, 1.807) is 0 Å². The van der Waals surface area contributed by atoms with Crippen LogP contribution in [-0.2, 0) is 4.74 Å². The summed E-state index contributed by atoms with van der Waals surface area (Å²) in [4.78, 5) is 24.0. The van der Waals surface area contributed by atoms with Crippen LogP contribution in [0.25, 0.3) is 0 Å². The molecule has 0 unspecified atom stereocenters. The van der Waals surface area contributed by atoms with Gasteiger partial charge in [-0.3, -0.25) is 4.79 Å². The summed E-state index contributed by atoms with van der Waals surface area (Å²) < 4.78 is 69.7. The minimum Gasteiger partial charge on any atom is -0.462 e. The Balaban J connectivity index is 3.47. The van der Waals surface area contributed by atoms with Crippen LogP contribution in [0.1, 0.15) is 29.4 Å². The molecule has 0 atom stereocenters. The third-order valence-corrected chi connectivity index (χ3v) is 1.95. The van der Waals surface area contributed by atoms with Crippen LogP contribution < -0.4 is 10.3 Å². The molecule has 1 aromatic heterocycles. The third-order valence-electron chi connectivity index (χ3n) is 1.95. The summed E-state index contributed by atoms with van der Waals surface area (Å²) in [6, 6.07) is 0.394. The molecule has 0 bridgehead atoms. The maximum absolute atomic E-state index is 12.6. The van der Waals surface area contributed by atoms with E-state index < -0.39 is 41.3 Å². The first-order valence-electron chi connectivity index (χ1n) is 5.14. The summed E-state index contributed by atoms with van der Waals surface area (Å²) in [5, 5.41) is 0. The molecule has 0 amide bonds. The number of halogens is 5. The van der Waals surface area contributed by atoms with Crippen molar-refractivity contribution in [1.29, 1.82) is 0 Å². The van der Waals surface area contributed by atoms with Gasteiger partial charge >= 0.3 is 12.3 Å². The SMILES string of the molecule is CCOC(=O)c1cc(=O)[nH]c(C(F)F)c1OC(F)(F)F. The number of esters is 1. The lowest BCUT2D eigenvalue weighted by Gasteiger charge is -2.15. The van der Waals surface area contributed by atoms with Gasteiger partial charge in [0.1, 0.15) is 11.3 Å². The smallest absolute Gasteiger partial charge is 0.462 e. The summed E-state index contributed by atoms with van der Waals surface area (Å²) in [7, 11) is 0. The summed E-state index contributed by atoms with van der Waals surface area (Å²) in [5.74, 6) is -2.86. The molecule has 5 nitrogen and oxygen atoms in total. The second-order valence-electron chi connectivity index (χ2n) is 3.36. The predicted molar refractivity (Wildman–Crippen MR) is 54.7 cm³/mol. The lowest BCUT2D eigenvalue weighted by atomic mass is 10.2. The zero-order valence-electron chi connectivity index (χ0n) is 9.88. The molecule has 112 valence electrons. The van der Waals surface area contributed by atoms with Crippen molar-refractivity contribution >= 4 is 5.97 Å². The maximum atomic E-state index is 12.6. The fourth-order valence-electron chi connectivity index (χ4n) is 1.31. The van der Waals surface area contributed by atoms with Crippen LogP contribution in [0.4, 0.5) is 22.0 Å². The van der Waals surface area contributed by atoms with E-state index in [1.807, 2.05) is 0 Å². The molecular formula is C10H8F5NO4. The number of hydrogen-bond acceptors (Lipinski definition) is 4. The van der Waals surface area contributed by atoms with Gasteiger partial charge in [0.2, 0.25) is 5.56 Å². The molecule has 20 heavy (non-hydrogen) atoms. The lowest BCUT2D eigenvalue weighted by molar-refractivity contribution is -0.275. The van der Waals surface area contributed by atoms with Crippen molar-refractivity contribution in [2.75, 3.05) is 6.61 Å². The van der Waals surface area contributed by atoms with Gasteiger partial charge in [0.15, 0.2) is 5.75 Å². The van der Waals surface area contributed by atoms with Crippen LogP contribution >= 0.6 is 0 Å². The summed E-state index contributed by atoms with van der Waals surface area (Å²) in [6.07, 6.45) is -8.79. The number of H-pyrrole nitrogens is 1. The van der Waals surface area contributed by atoms with Gasteiger partial charge in [0.05, 0.1) is 6.61 Å². The number of pyridine rings is 1. The predicted octanol–water partition coefficient (Wildman–Crippen LogP) is 2.39. The van der Waals surface area contributed by atoms with Gasteiger partial charge in [-0.25, -0.2) is 13.6 Å². The van der Waals surface area contributed by atoms with E-state index in [1.165, 1.54) is 11.9 Å². The molecule has 0 radical (unpaired) electrons. The maximum Gasteiger partial charge on any atom is 0.573 e. The van der Waals surface area contributed by atoms with Gasteiger partial charge in [0, 0.05) is 6.07 Å². The van der Waals surface area contributed by atoms with Crippen molar-refractivity contribution in [1.82, 2.24) is 4.98 Å². The normalized spacial score (nSPS) is 11.6. The highest BCUT2D eigenvalue weighted by atomic mass is 19.4. The number of aromatic amines is 1. The Kier molecular flexibility index (Phi) is 4.69. The fraction of sp³-hybridized carbons (Fsp3) is 0.400. The van der Waals surface area contributed by atoms with Crippen molar-refractivity contribution in [3.05, 3.63) is 27.7 Å². The summed E-state index contributed by atoms with van der Waals surface area (Å²) >= 11 is 0. The van der Waals surface area contributed by atoms with E-state index >= 15 is 0 Å². The lowest BCUT2D eigenvalue weighted by Crippen LogP contribution is -2.24. The second kappa shape index (κ2) is 5.88. The molecule has 1 aromatic rings. The monoisotopic (exact) mass is 301 g/mol. The Morgan fingerprint density at radius 2 is 2.00 bits per heavy atom. The van der Waals surface area contributed by atoms with E-state index in [2.05, 4.69) is 9.47 Å². The van der Waals surface area contributed by atoms with Crippen molar-refractivity contribution < 1.29 is 36.2 Å². The standard InChI is InChI=1S/C10H8F5NO4/c1-2-19-9(18)4-3-5(17)16-6(8(11)12)7(4)20-10(13,14)15/h3,8H,2H2,1H3,(H,16,17). The van der Waals surface area contributed by atoms with Crippen molar-refractivity contribution in [3.8, 4) is 5.75 Å². The van der Waals surface area contributed by atoms with Gasteiger partial charge in [-0.1, -0.05) is 0 Å². The Labute approximate surface area is 108 Å². The molecule has 0 fully saturated rings. The van der Waals surface area contributed by atoms with Gasteiger partial charge in [0.25, 0.3) is 6.43 Å². The molecule has 0 aliphatic heterocycles. The van der Waals surface area contributed by atoms with Crippen LogP contribution in [-0.4, -0.2) is 23.9 Å². The average Bonchev–Trinajstić information content (AvgIpc) is 2.29. The van der Waals surface area contributed by atoms with Crippen LogP contribution in [0.15, 0.2) is 10.9 Å². The first-order valence-corrected chi connectivity index (χ1v) is 5.14. The number of ether oxygens (including phenoxy) is 2. The second-order valence-corrected chi connectivity index (χ2v) is 3.36. The number of alkyl halides is 5. The topological polar surface area (TPSA) is 68.4 Å². The van der Waals surface area contributed by atoms with Crippen molar-refractivity contribution in [3.63, 3.8) is 0 Å². The van der Waals surface area contributed by atoms with Crippen LogP contribution in [0.2, 0.25) is 0 Å². The third kappa shape index (κ3) is 3.93. The molecular weight excluding hydrogens is 293 g/mol. The Bertz CT molecular complexity index is 552. The molecule has 0 aliphatic rings. The largest absolute Gasteiger partial charge is 0.573 e. The molecule has 0 saturated carbocycles. The highest BCUT2D eigenvalue weighted by Crippen LogP contribution is 2.33. The Hall–Kier alpha value is -2.13. The van der Waals surface area contributed by atoms with Crippen LogP contribution in [0, 0.1) is 0 Å². The fourth-order valence-corrected chi connectivity index (χ4v) is 1.31. The number of hydrogen-bond donors (Lipinski definition) is 1. The van der Waals surface area contributed by atoms with Gasteiger partial charge in [-0.05, 0) is 6.92 Å². The Morgan fingerprint density at radius 3 is 2.45 bits per heavy atom. The van der Waals surface area contributed by atoms with E-state index in [0.717, 1.165) is 0 Å². The van der Waals surface area contributed by atoms with Crippen LogP contribution in [0.3, 0.4) is 0 Å². The van der Waals surface area contributed by atoms with E-state index in [4.69, 9.17) is 0 Å². The molecule has 1 rings (SSSR count). The molecule has 10 heteroatoms. The highest BCUT2D eigenvalue weighted by molar-refractivity contribution is 5.92. The van der Waals surface area contributed by atoms with Gasteiger partial charge in [-0.15, -0.1) is 13.2 Å². The molecule has 0 aliphatic carbocycles. The van der Waals surface area contributed by atoms with E-state index in [-0.39, 0.29) is 6.61 Å². The minimum atomic E-state index is -5.32. The number of nitrogens with one attached hydrogen (secondary N) is 1. The van der Waals surface area contributed by atoms with Crippen LogP contribution in [0.5, 0.6) is 5.75 Å². The van der Waals surface area contributed by atoms with Gasteiger partial charge in [-0.2, -0.15) is 0 Å². The number of rotatable bonds is 4. The van der Waals surface area contributed by atoms with Gasteiger partial charge < -0.3 is 14.5 Å². The molecule has 0 aromatic carbocycles. The minimum absolute atomic E-state index is 0.221. The Morgan fingerprint density at radius 1 is 1.40 bits per heavy atom. The number of aromatic nitrogens is 1. The summed E-state index contributed by atoms with van der Waals surface area (Å²) in [5.41, 5.74) is -3.65. The number of carbonyl (C=O) groups is 1. The average molecular weight is 301 g/mol. The first-order chi connectivity index (χ1) is 9.15. The zero-order chi connectivity index (χ0) is 15.5. The number of carbonyl (C=O) groups excluding carboxylic acids is 1. The van der Waals surface area contributed by atoms with Crippen molar-refractivity contribution in [2.24, 2.45) is 0 Å². The molecule has 1 heterocycles. The highest BCUT2D eigenvalue weighted by Gasteiger charge is 2.36. The van der Waals surface area contributed by atoms with Crippen molar-refractivity contribution in [2.45, 2.75) is 19.7 Å². The summed E-state index contributed by atoms with van der Waals surface area (Å²) in [6.45, 7) is 1.13. The first kappa shape index (κ1) is 15.9. The zero-order valence-corrected chi connectivity index (χ0v) is 9.88. The van der Waals surface area contributed by atoms with E-state index in [0.29, 0.717) is 6.07 Å².